The minimum Gasteiger partial charge on any atom is -0.361 e. The van der Waals surface area contributed by atoms with Gasteiger partial charge in [0, 0.05) is 16.4 Å². The first kappa shape index (κ1) is 14.9. The number of rotatable bonds is 0. The maximum atomic E-state index is 12.4. The molecule has 23 heavy (non-hydrogen) atoms. The van der Waals surface area contributed by atoms with Gasteiger partial charge in [0.1, 0.15) is 5.76 Å². The molecule has 1 aromatic rings. The van der Waals surface area contributed by atoms with Gasteiger partial charge in [0.25, 0.3) is 0 Å². The first-order chi connectivity index (χ1) is 10.7. The molecule has 3 aliphatic carbocycles. The Kier molecular flexibility index (Phi) is 2.76. The van der Waals surface area contributed by atoms with Crippen molar-refractivity contribution in [2.75, 3.05) is 0 Å². The molecule has 1 fully saturated rings. The van der Waals surface area contributed by atoms with Gasteiger partial charge in [-0.15, -0.1) is 0 Å². The smallest absolute Gasteiger partial charge is 0.181 e. The first-order valence-corrected chi connectivity index (χ1v) is 8.59. The van der Waals surface area contributed by atoms with Crippen LogP contribution in [0.1, 0.15) is 58.8 Å². The lowest BCUT2D eigenvalue weighted by Gasteiger charge is -2.58. The lowest BCUT2D eigenvalue weighted by molar-refractivity contribution is -0.112. The quantitative estimate of drug-likeness (QED) is 0.714. The van der Waals surface area contributed by atoms with E-state index in [0.29, 0.717) is 5.92 Å². The maximum Gasteiger partial charge on any atom is 0.181 e. The summed E-state index contributed by atoms with van der Waals surface area (Å²) in [5.74, 6) is 1.68. The Hall–Kier alpha value is -1.64. The van der Waals surface area contributed by atoms with Crippen LogP contribution in [0.2, 0.25) is 0 Å². The highest BCUT2D eigenvalue weighted by atomic mass is 16.5. The zero-order valence-corrected chi connectivity index (χ0v) is 14.7. The summed E-state index contributed by atoms with van der Waals surface area (Å²) in [6.45, 7) is 11.1. The normalized spacial score (nSPS) is 38.1. The second-order valence-corrected chi connectivity index (χ2v) is 8.75. The molecule has 0 bridgehead atoms. The zero-order chi connectivity index (χ0) is 16.6. The second-order valence-electron chi connectivity index (χ2n) is 8.75. The molecule has 122 valence electrons. The molecule has 0 aromatic carbocycles. The molecule has 1 saturated carbocycles. The van der Waals surface area contributed by atoms with E-state index in [1.54, 1.807) is 0 Å². The van der Waals surface area contributed by atoms with Crippen LogP contribution in [0.4, 0.5) is 0 Å². The largest absolute Gasteiger partial charge is 0.361 e. The van der Waals surface area contributed by atoms with Crippen molar-refractivity contribution >= 4 is 5.78 Å². The van der Waals surface area contributed by atoms with E-state index < -0.39 is 0 Å². The van der Waals surface area contributed by atoms with E-state index in [-0.39, 0.29) is 22.0 Å². The lowest BCUT2D eigenvalue weighted by Crippen LogP contribution is -2.53. The molecule has 0 amide bonds. The Labute approximate surface area is 137 Å². The minimum absolute atomic E-state index is 0.00793. The van der Waals surface area contributed by atoms with Crippen LogP contribution in [0.3, 0.4) is 0 Å². The molecular formula is C20H25NO2. The van der Waals surface area contributed by atoms with Gasteiger partial charge in [0.2, 0.25) is 0 Å². The SMILES string of the molecule is CC1=C[C@]2(C)CC[C@H]3C(C)(C)c4oncc4C[C@]3(C)C2=CC1=O. The third-order valence-electron chi connectivity index (χ3n) is 6.81. The van der Waals surface area contributed by atoms with Crippen molar-refractivity contribution < 1.29 is 9.32 Å². The number of carbonyl (C=O) groups is 1. The summed E-state index contributed by atoms with van der Waals surface area (Å²) >= 11 is 0. The van der Waals surface area contributed by atoms with Crippen LogP contribution in [0.15, 0.2) is 34.0 Å². The third-order valence-corrected chi connectivity index (χ3v) is 6.81. The molecule has 0 unspecified atom stereocenters. The molecule has 3 nitrogen and oxygen atoms in total. The van der Waals surface area contributed by atoms with Gasteiger partial charge in [-0.1, -0.05) is 44.5 Å². The van der Waals surface area contributed by atoms with Crippen molar-refractivity contribution in [1.29, 1.82) is 0 Å². The molecule has 0 saturated heterocycles. The topological polar surface area (TPSA) is 43.1 Å². The minimum atomic E-state index is -0.0553. The highest BCUT2D eigenvalue weighted by Gasteiger charge is 2.58. The standard InChI is InChI=1S/C20H25NO2/c1-12-9-19(4)7-6-15-18(2,3)17-13(11-21-23-17)10-20(15,5)16(19)8-14(12)22/h8-9,11,15H,6-7,10H2,1-5H3/t15-,19-,20-/m0/s1. The lowest BCUT2D eigenvalue weighted by atomic mass is 9.45. The molecule has 1 heterocycles. The molecule has 0 spiro atoms. The molecule has 0 N–H and O–H groups in total. The van der Waals surface area contributed by atoms with E-state index in [2.05, 4.69) is 38.9 Å². The predicted molar refractivity (Wildman–Crippen MR) is 89.0 cm³/mol. The van der Waals surface area contributed by atoms with Crippen molar-refractivity contribution in [3.05, 3.63) is 40.8 Å². The summed E-state index contributed by atoms with van der Waals surface area (Å²) in [5, 5.41) is 4.06. The fourth-order valence-corrected chi connectivity index (χ4v) is 5.86. The van der Waals surface area contributed by atoms with Crippen LogP contribution in [0, 0.1) is 16.7 Å². The average molecular weight is 311 g/mol. The summed E-state index contributed by atoms with van der Waals surface area (Å²) in [6.07, 6.45) is 9.18. The van der Waals surface area contributed by atoms with Gasteiger partial charge < -0.3 is 4.52 Å². The third kappa shape index (κ3) is 1.76. The monoisotopic (exact) mass is 311 g/mol. The van der Waals surface area contributed by atoms with Crippen molar-refractivity contribution in [3.8, 4) is 0 Å². The summed E-state index contributed by atoms with van der Waals surface area (Å²) in [4.78, 5) is 12.4. The predicted octanol–water partition coefficient (Wildman–Crippen LogP) is 4.39. The average Bonchev–Trinajstić information content (AvgIpc) is 2.90. The molecule has 4 rings (SSSR count). The highest BCUT2D eigenvalue weighted by molar-refractivity contribution is 6.05. The van der Waals surface area contributed by atoms with Crippen LogP contribution >= 0.6 is 0 Å². The number of hydrogen-bond donors (Lipinski definition) is 0. The summed E-state index contributed by atoms with van der Waals surface area (Å²) in [6, 6.07) is 0. The maximum absolute atomic E-state index is 12.4. The van der Waals surface area contributed by atoms with Gasteiger partial charge in [-0.05, 0) is 49.2 Å². The van der Waals surface area contributed by atoms with Gasteiger partial charge in [0.15, 0.2) is 5.78 Å². The van der Waals surface area contributed by atoms with Gasteiger partial charge >= 0.3 is 0 Å². The first-order valence-electron chi connectivity index (χ1n) is 8.59. The Morgan fingerprint density at radius 2 is 2.00 bits per heavy atom. The molecule has 1 aromatic heterocycles. The Bertz CT molecular complexity index is 766. The van der Waals surface area contributed by atoms with E-state index in [1.165, 1.54) is 11.1 Å². The number of aromatic nitrogens is 1. The number of ketones is 1. The van der Waals surface area contributed by atoms with Crippen LogP contribution < -0.4 is 0 Å². The molecule has 0 radical (unpaired) electrons. The Morgan fingerprint density at radius 3 is 2.74 bits per heavy atom. The van der Waals surface area contributed by atoms with E-state index in [1.807, 2.05) is 19.2 Å². The summed E-state index contributed by atoms with van der Waals surface area (Å²) in [7, 11) is 0. The highest BCUT2D eigenvalue weighted by Crippen LogP contribution is 2.64. The van der Waals surface area contributed by atoms with E-state index >= 15 is 0 Å². The number of fused-ring (bicyclic) bond motifs is 4. The molecular weight excluding hydrogens is 286 g/mol. The Morgan fingerprint density at radius 1 is 1.26 bits per heavy atom. The summed E-state index contributed by atoms with van der Waals surface area (Å²) < 4.78 is 5.62. The van der Waals surface area contributed by atoms with Crippen molar-refractivity contribution in [1.82, 2.24) is 5.16 Å². The van der Waals surface area contributed by atoms with Crippen molar-refractivity contribution in [3.63, 3.8) is 0 Å². The molecule has 3 heteroatoms. The van der Waals surface area contributed by atoms with Crippen LogP contribution in [0.5, 0.6) is 0 Å². The van der Waals surface area contributed by atoms with E-state index in [4.69, 9.17) is 4.52 Å². The van der Waals surface area contributed by atoms with Gasteiger partial charge in [-0.3, -0.25) is 4.79 Å². The van der Waals surface area contributed by atoms with Crippen LogP contribution in [-0.2, 0) is 16.6 Å². The van der Waals surface area contributed by atoms with E-state index in [9.17, 15) is 4.79 Å². The van der Waals surface area contributed by atoms with Gasteiger partial charge in [0.05, 0.1) is 6.20 Å². The van der Waals surface area contributed by atoms with Gasteiger partial charge in [-0.2, -0.15) is 0 Å². The van der Waals surface area contributed by atoms with Crippen molar-refractivity contribution in [2.45, 2.75) is 59.3 Å². The van der Waals surface area contributed by atoms with Crippen LogP contribution in [0.25, 0.3) is 0 Å². The molecule has 3 aliphatic rings. The molecule has 3 atom stereocenters. The van der Waals surface area contributed by atoms with Gasteiger partial charge in [-0.25, -0.2) is 0 Å². The fourth-order valence-electron chi connectivity index (χ4n) is 5.86. The number of hydrogen-bond acceptors (Lipinski definition) is 3. The number of carbonyl (C=O) groups excluding carboxylic acids is 1. The van der Waals surface area contributed by atoms with Crippen molar-refractivity contribution in [2.24, 2.45) is 16.7 Å². The number of allylic oxidation sites excluding steroid dienone is 4. The second kappa shape index (κ2) is 4.25. The Balaban J connectivity index is 1.91. The summed E-state index contributed by atoms with van der Waals surface area (Å²) in [5.41, 5.74) is 3.35. The van der Waals surface area contributed by atoms with E-state index in [0.717, 1.165) is 30.6 Å². The fraction of sp³-hybridized carbons (Fsp3) is 0.600. The molecule has 0 aliphatic heterocycles. The number of nitrogens with zero attached hydrogens (tertiary/aromatic N) is 1. The zero-order valence-electron chi connectivity index (χ0n) is 14.7. The van der Waals surface area contributed by atoms with Crippen LogP contribution in [-0.4, -0.2) is 10.9 Å².